The van der Waals surface area contributed by atoms with Gasteiger partial charge in [-0.3, -0.25) is 4.90 Å². The van der Waals surface area contributed by atoms with Crippen LogP contribution in [-0.2, 0) is 6.54 Å². The Morgan fingerprint density at radius 3 is 2.58 bits per heavy atom. The number of likely N-dealkylation sites (N-methyl/N-ethyl adjacent to an activating group) is 1. The molecular formula is C22H32N4. The summed E-state index contributed by atoms with van der Waals surface area (Å²) in [6.07, 6.45) is 9.17. The summed E-state index contributed by atoms with van der Waals surface area (Å²) in [7, 11) is 2.35. The molecule has 1 spiro atoms. The Kier molecular flexibility index (Phi) is 5.14. The van der Waals surface area contributed by atoms with Crippen LogP contribution in [0, 0.1) is 6.92 Å². The van der Waals surface area contributed by atoms with Gasteiger partial charge in [-0.25, -0.2) is 4.98 Å². The van der Waals surface area contributed by atoms with E-state index in [0.717, 1.165) is 12.4 Å². The number of nitrogens with zero attached hydrogens (tertiary/aromatic N) is 4. The highest BCUT2D eigenvalue weighted by Crippen LogP contribution is 2.43. The van der Waals surface area contributed by atoms with Gasteiger partial charge in [0.25, 0.3) is 0 Å². The van der Waals surface area contributed by atoms with Crippen molar-refractivity contribution in [2.75, 3.05) is 33.2 Å². The Bertz CT molecular complexity index is 700. The first-order valence-electron chi connectivity index (χ1n) is 10.1. The Morgan fingerprint density at radius 2 is 1.88 bits per heavy atom. The zero-order valence-corrected chi connectivity index (χ0v) is 16.3. The van der Waals surface area contributed by atoms with E-state index in [4.69, 9.17) is 0 Å². The van der Waals surface area contributed by atoms with E-state index in [0.29, 0.717) is 11.5 Å². The fourth-order valence-corrected chi connectivity index (χ4v) is 5.04. The van der Waals surface area contributed by atoms with Gasteiger partial charge in [-0.05, 0) is 70.8 Å². The predicted molar refractivity (Wildman–Crippen MR) is 106 cm³/mol. The molecular weight excluding hydrogens is 320 g/mol. The lowest BCUT2D eigenvalue weighted by Gasteiger charge is -2.43. The van der Waals surface area contributed by atoms with E-state index < -0.39 is 0 Å². The summed E-state index contributed by atoms with van der Waals surface area (Å²) in [5.41, 5.74) is 1.95. The number of aryl methyl sites for hydroxylation is 2. The number of likely N-dealkylation sites (tertiary alicyclic amines) is 2. The SMILES string of the molecule is Cc1nccn1CCCN1CCC2(CC1)C[C@@H](c1ccccc1)CN2C. The van der Waals surface area contributed by atoms with E-state index in [1.165, 1.54) is 57.4 Å². The largest absolute Gasteiger partial charge is 0.335 e. The van der Waals surface area contributed by atoms with Gasteiger partial charge in [0.1, 0.15) is 5.82 Å². The molecule has 1 aromatic heterocycles. The maximum Gasteiger partial charge on any atom is 0.105 e. The first kappa shape index (κ1) is 17.7. The van der Waals surface area contributed by atoms with Gasteiger partial charge in [-0.15, -0.1) is 0 Å². The van der Waals surface area contributed by atoms with E-state index in [9.17, 15) is 0 Å². The predicted octanol–water partition coefficient (Wildman–Crippen LogP) is 3.54. The molecule has 4 heteroatoms. The number of hydrogen-bond donors (Lipinski definition) is 0. The van der Waals surface area contributed by atoms with E-state index in [-0.39, 0.29) is 0 Å². The van der Waals surface area contributed by atoms with Crippen molar-refractivity contribution >= 4 is 0 Å². The summed E-state index contributed by atoms with van der Waals surface area (Å²) in [5.74, 6) is 1.83. The van der Waals surface area contributed by atoms with Gasteiger partial charge < -0.3 is 9.47 Å². The van der Waals surface area contributed by atoms with Gasteiger partial charge in [-0.2, -0.15) is 0 Å². The molecule has 0 bridgehead atoms. The average molecular weight is 353 g/mol. The topological polar surface area (TPSA) is 24.3 Å². The minimum absolute atomic E-state index is 0.429. The Labute approximate surface area is 157 Å². The molecule has 0 N–H and O–H groups in total. The highest BCUT2D eigenvalue weighted by molar-refractivity contribution is 5.23. The van der Waals surface area contributed by atoms with Crippen LogP contribution in [0.15, 0.2) is 42.7 Å². The summed E-state index contributed by atoms with van der Waals surface area (Å²) >= 11 is 0. The van der Waals surface area contributed by atoms with Crippen molar-refractivity contribution in [3.63, 3.8) is 0 Å². The molecule has 2 aliphatic rings. The fourth-order valence-electron chi connectivity index (χ4n) is 5.04. The molecule has 2 fully saturated rings. The van der Waals surface area contributed by atoms with E-state index in [1.807, 2.05) is 6.20 Å². The molecule has 2 aromatic rings. The summed E-state index contributed by atoms with van der Waals surface area (Å²) in [6, 6.07) is 11.1. The van der Waals surface area contributed by atoms with E-state index in [2.05, 4.69) is 69.9 Å². The standard InChI is InChI=1S/C22H32N4/c1-19-23-11-16-26(19)13-6-12-25-14-9-22(10-15-25)17-21(18-24(22)2)20-7-4-3-5-8-20/h3-5,7-8,11,16,21H,6,9-10,12-15,17-18H2,1-2H3/t21-/m1/s1. The molecule has 1 atom stereocenters. The third kappa shape index (κ3) is 3.58. The molecule has 4 rings (SSSR count). The van der Waals surface area contributed by atoms with Crippen LogP contribution in [0.5, 0.6) is 0 Å². The van der Waals surface area contributed by atoms with E-state index >= 15 is 0 Å². The monoisotopic (exact) mass is 352 g/mol. The first-order valence-corrected chi connectivity index (χ1v) is 10.1. The van der Waals surface area contributed by atoms with Crippen molar-refractivity contribution in [1.82, 2.24) is 19.4 Å². The van der Waals surface area contributed by atoms with Crippen LogP contribution in [0.1, 0.15) is 43.0 Å². The normalized spacial score (nSPS) is 23.7. The van der Waals surface area contributed by atoms with Crippen LogP contribution in [0.4, 0.5) is 0 Å². The maximum atomic E-state index is 4.31. The van der Waals surface area contributed by atoms with Crippen molar-refractivity contribution in [3.05, 3.63) is 54.1 Å². The second-order valence-electron chi connectivity index (χ2n) is 8.28. The molecule has 3 heterocycles. The van der Waals surface area contributed by atoms with Crippen LogP contribution in [-0.4, -0.2) is 58.1 Å². The maximum absolute atomic E-state index is 4.31. The van der Waals surface area contributed by atoms with Crippen molar-refractivity contribution in [1.29, 1.82) is 0 Å². The lowest BCUT2D eigenvalue weighted by Crippen LogP contribution is -2.50. The number of imidazole rings is 1. The molecule has 140 valence electrons. The number of rotatable bonds is 5. The highest BCUT2D eigenvalue weighted by Gasteiger charge is 2.45. The number of hydrogen-bond acceptors (Lipinski definition) is 3. The van der Waals surface area contributed by atoms with Gasteiger partial charge in [0, 0.05) is 31.0 Å². The Morgan fingerprint density at radius 1 is 1.12 bits per heavy atom. The smallest absolute Gasteiger partial charge is 0.105 e. The van der Waals surface area contributed by atoms with Gasteiger partial charge in [0.15, 0.2) is 0 Å². The van der Waals surface area contributed by atoms with Crippen molar-refractivity contribution in [2.45, 2.75) is 50.6 Å². The van der Waals surface area contributed by atoms with Gasteiger partial charge in [-0.1, -0.05) is 30.3 Å². The number of benzene rings is 1. The van der Waals surface area contributed by atoms with Gasteiger partial charge in [0.2, 0.25) is 0 Å². The van der Waals surface area contributed by atoms with Crippen molar-refractivity contribution in [3.8, 4) is 0 Å². The zero-order chi connectivity index (χ0) is 18.0. The summed E-state index contributed by atoms with van der Waals surface area (Å²) in [6.45, 7) is 8.08. The van der Waals surface area contributed by atoms with E-state index in [1.54, 1.807) is 0 Å². The fraction of sp³-hybridized carbons (Fsp3) is 0.591. The molecule has 0 saturated carbocycles. The molecule has 2 aliphatic heterocycles. The molecule has 26 heavy (non-hydrogen) atoms. The van der Waals surface area contributed by atoms with Crippen molar-refractivity contribution in [2.24, 2.45) is 0 Å². The second-order valence-corrected chi connectivity index (χ2v) is 8.28. The Hall–Kier alpha value is -1.65. The third-order valence-corrected chi connectivity index (χ3v) is 6.79. The van der Waals surface area contributed by atoms with Gasteiger partial charge in [0.05, 0.1) is 0 Å². The summed E-state index contributed by atoms with van der Waals surface area (Å²) in [4.78, 5) is 9.65. The van der Waals surface area contributed by atoms with Crippen LogP contribution in [0.3, 0.4) is 0 Å². The summed E-state index contributed by atoms with van der Waals surface area (Å²) in [5, 5.41) is 0. The lowest BCUT2D eigenvalue weighted by atomic mass is 9.81. The molecule has 2 saturated heterocycles. The van der Waals surface area contributed by atoms with Crippen LogP contribution >= 0.6 is 0 Å². The average Bonchev–Trinajstić information content (AvgIpc) is 3.22. The number of piperidine rings is 1. The van der Waals surface area contributed by atoms with Crippen LogP contribution < -0.4 is 0 Å². The zero-order valence-electron chi connectivity index (χ0n) is 16.3. The quantitative estimate of drug-likeness (QED) is 0.823. The first-order chi connectivity index (χ1) is 12.7. The molecule has 0 amide bonds. The van der Waals surface area contributed by atoms with Crippen LogP contribution in [0.25, 0.3) is 0 Å². The third-order valence-electron chi connectivity index (χ3n) is 6.79. The molecule has 0 aliphatic carbocycles. The molecule has 1 aromatic carbocycles. The molecule has 0 unspecified atom stereocenters. The minimum atomic E-state index is 0.429. The molecule has 0 radical (unpaired) electrons. The second kappa shape index (κ2) is 7.53. The lowest BCUT2D eigenvalue weighted by molar-refractivity contribution is 0.0696. The Balaban J connectivity index is 1.28. The summed E-state index contributed by atoms with van der Waals surface area (Å²) < 4.78 is 2.26. The van der Waals surface area contributed by atoms with Crippen molar-refractivity contribution < 1.29 is 0 Å². The van der Waals surface area contributed by atoms with Crippen LogP contribution in [0.2, 0.25) is 0 Å². The minimum Gasteiger partial charge on any atom is -0.335 e. The van der Waals surface area contributed by atoms with Gasteiger partial charge >= 0.3 is 0 Å². The number of aromatic nitrogens is 2. The highest BCUT2D eigenvalue weighted by atomic mass is 15.2. The molecule has 4 nitrogen and oxygen atoms in total.